The number of carbonyl (C=O) groups is 1. The summed E-state index contributed by atoms with van der Waals surface area (Å²) in [4.78, 5) is 14.3. The van der Waals surface area contributed by atoms with Gasteiger partial charge in [0.2, 0.25) is 5.91 Å². The SMILES string of the molecule is Cc1cc2n(n1)[C@@H](C(F)F)C[C@@H](C1CCN(C(=O)[C@@H]3C[C@H]3C)CC1)N2. The molecule has 2 fully saturated rings. The number of halogens is 2. The van der Waals surface area contributed by atoms with Gasteiger partial charge >= 0.3 is 0 Å². The van der Waals surface area contributed by atoms with Gasteiger partial charge in [-0.25, -0.2) is 13.5 Å². The van der Waals surface area contributed by atoms with Gasteiger partial charge in [-0.05, 0) is 44.4 Å². The Balaban J connectivity index is 1.41. The van der Waals surface area contributed by atoms with E-state index in [1.807, 2.05) is 17.9 Å². The van der Waals surface area contributed by atoms with Gasteiger partial charge in [-0.1, -0.05) is 6.92 Å². The Labute approximate surface area is 146 Å². The van der Waals surface area contributed by atoms with Crippen molar-refractivity contribution in [3.05, 3.63) is 11.8 Å². The van der Waals surface area contributed by atoms with Crippen LogP contribution in [0, 0.1) is 24.7 Å². The highest BCUT2D eigenvalue weighted by Gasteiger charge is 2.43. The number of aromatic nitrogens is 2. The summed E-state index contributed by atoms with van der Waals surface area (Å²) in [7, 11) is 0. The minimum absolute atomic E-state index is 0.0275. The van der Waals surface area contributed by atoms with E-state index < -0.39 is 12.5 Å². The summed E-state index contributed by atoms with van der Waals surface area (Å²) in [5.41, 5.74) is 0.757. The normalized spacial score (nSPS) is 32.4. The molecule has 0 unspecified atom stereocenters. The summed E-state index contributed by atoms with van der Waals surface area (Å²) in [6, 6.07) is 1.01. The van der Waals surface area contributed by atoms with E-state index >= 15 is 0 Å². The summed E-state index contributed by atoms with van der Waals surface area (Å²) in [6.07, 6.45) is 0.758. The molecular weight excluding hydrogens is 326 g/mol. The van der Waals surface area contributed by atoms with E-state index in [9.17, 15) is 13.6 Å². The molecule has 1 N–H and O–H groups in total. The van der Waals surface area contributed by atoms with Crippen LogP contribution in [0.3, 0.4) is 0 Å². The van der Waals surface area contributed by atoms with Crippen molar-refractivity contribution >= 4 is 11.7 Å². The van der Waals surface area contributed by atoms with Crippen LogP contribution in [0.15, 0.2) is 6.07 Å². The van der Waals surface area contributed by atoms with E-state index in [4.69, 9.17) is 0 Å². The number of alkyl halides is 2. The molecule has 1 aromatic rings. The standard InChI is InChI=1S/C18H26F2N4O/c1-10-7-13(10)18(25)23-5-3-12(4-6-23)14-9-15(17(19)20)24-16(21-14)8-11(2)22-24/h8,10,12-15,17,21H,3-7,9H2,1-2H3/t10-,13-,14+,15-/m1/s1. The second kappa shape index (κ2) is 6.25. The van der Waals surface area contributed by atoms with Crippen molar-refractivity contribution < 1.29 is 13.6 Å². The Kier molecular flexibility index (Phi) is 4.20. The molecule has 1 aromatic heterocycles. The lowest BCUT2D eigenvalue weighted by Gasteiger charge is -2.40. The van der Waals surface area contributed by atoms with Crippen molar-refractivity contribution in [3.8, 4) is 0 Å². The number of piperidine rings is 1. The van der Waals surface area contributed by atoms with Gasteiger partial charge in [0.1, 0.15) is 11.9 Å². The van der Waals surface area contributed by atoms with Gasteiger partial charge in [-0.15, -0.1) is 0 Å². The minimum atomic E-state index is -2.42. The highest BCUT2D eigenvalue weighted by Crippen LogP contribution is 2.41. The fourth-order valence-corrected chi connectivity index (χ4v) is 4.43. The molecular formula is C18H26F2N4O. The number of anilines is 1. The second-order valence-corrected chi connectivity index (χ2v) is 7.99. The average molecular weight is 352 g/mol. The summed E-state index contributed by atoms with van der Waals surface area (Å²) in [6.45, 7) is 5.45. The fraction of sp³-hybridized carbons (Fsp3) is 0.778. The first kappa shape index (κ1) is 16.8. The number of carbonyl (C=O) groups excluding carboxylic acids is 1. The molecule has 4 atom stereocenters. The van der Waals surface area contributed by atoms with Gasteiger partial charge in [-0.3, -0.25) is 4.79 Å². The van der Waals surface area contributed by atoms with Crippen molar-refractivity contribution in [1.29, 1.82) is 0 Å². The molecule has 7 heteroatoms. The molecule has 1 amide bonds. The molecule has 0 aromatic carbocycles. The van der Waals surface area contributed by atoms with Crippen LogP contribution in [-0.4, -0.2) is 46.1 Å². The lowest BCUT2D eigenvalue weighted by Crippen LogP contribution is -2.46. The summed E-state index contributed by atoms with van der Waals surface area (Å²) in [5, 5.41) is 7.65. The minimum Gasteiger partial charge on any atom is -0.367 e. The maximum absolute atomic E-state index is 13.5. The van der Waals surface area contributed by atoms with Crippen LogP contribution in [0.25, 0.3) is 0 Å². The molecule has 2 aliphatic heterocycles. The second-order valence-electron chi connectivity index (χ2n) is 7.99. The number of hydrogen-bond acceptors (Lipinski definition) is 3. The van der Waals surface area contributed by atoms with Crippen LogP contribution < -0.4 is 5.32 Å². The zero-order valence-electron chi connectivity index (χ0n) is 14.8. The zero-order valence-corrected chi connectivity index (χ0v) is 14.8. The molecule has 25 heavy (non-hydrogen) atoms. The Morgan fingerprint density at radius 3 is 2.60 bits per heavy atom. The topological polar surface area (TPSA) is 50.2 Å². The summed E-state index contributed by atoms with van der Waals surface area (Å²) >= 11 is 0. The Hall–Kier alpha value is -1.66. The number of nitrogens with one attached hydrogen (secondary N) is 1. The maximum Gasteiger partial charge on any atom is 0.260 e. The first-order valence-electron chi connectivity index (χ1n) is 9.33. The Morgan fingerprint density at radius 1 is 1.32 bits per heavy atom. The summed E-state index contributed by atoms with van der Waals surface area (Å²) < 4.78 is 28.5. The van der Waals surface area contributed by atoms with Gasteiger partial charge in [0, 0.05) is 31.1 Å². The molecule has 1 saturated heterocycles. The third kappa shape index (κ3) is 3.13. The smallest absolute Gasteiger partial charge is 0.260 e. The molecule has 1 saturated carbocycles. The van der Waals surface area contributed by atoms with Gasteiger partial charge in [-0.2, -0.15) is 5.10 Å². The van der Waals surface area contributed by atoms with Gasteiger partial charge < -0.3 is 10.2 Å². The van der Waals surface area contributed by atoms with E-state index in [0.717, 1.165) is 38.0 Å². The number of fused-ring (bicyclic) bond motifs is 1. The molecule has 0 bridgehead atoms. The predicted octanol–water partition coefficient (Wildman–Crippen LogP) is 3.08. The number of rotatable bonds is 3. The Bertz CT molecular complexity index is 654. The fourth-order valence-electron chi connectivity index (χ4n) is 4.43. The lowest BCUT2D eigenvalue weighted by atomic mass is 9.85. The first-order chi connectivity index (χ1) is 11.9. The molecule has 3 heterocycles. The quantitative estimate of drug-likeness (QED) is 0.910. The van der Waals surface area contributed by atoms with Crippen molar-refractivity contribution in [2.24, 2.45) is 17.8 Å². The monoisotopic (exact) mass is 352 g/mol. The third-order valence-corrected chi connectivity index (χ3v) is 6.14. The van der Waals surface area contributed by atoms with Crippen molar-refractivity contribution in [2.75, 3.05) is 18.4 Å². The third-order valence-electron chi connectivity index (χ3n) is 6.14. The van der Waals surface area contributed by atoms with E-state index in [-0.39, 0.29) is 12.0 Å². The van der Waals surface area contributed by atoms with E-state index in [1.54, 1.807) is 0 Å². The molecule has 4 rings (SSSR count). The largest absolute Gasteiger partial charge is 0.367 e. The average Bonchev–Trinajstić information content (AvgIpc) is 3.19. The van der Waals surface area contributed by atoms with Gasteiger partial charge in [0.05, 0.1) is 5.69 Å². The van der Waals surface area contributed by atoms with Crippen molar-refractivity contribution in [2.45, 2.75) is 58.0 Å². The highest BCUT2D eigenvalue weighted by molar-refractivity contribution is 5.81. The lowest BCUT2D eigenvalue weighted by molar-refractivity contribution is -0.134. The molecule has 0 radical (unpaired) electrons. The number of aryl methyl sites for hydroxylation is 1. The van der Waals surface area contributed by atoms with Crippen LogP contribution in [0.1, 0.15) is 44.3 Å². The molecule has 3 aliphatic rings. The van der Waals surface area contributed by atoms with E-state index in [0.29, 0.717) is 30.0 Å². The van der Waals surface area contributed by atoms with E-state index in [2.05, 4.69) is 17.3 Å². The summed E-state index contributed by atoms with van der Waals surface area (Å²) in [5.74, 6) is 2.07. The van der Waals surface area contributed by atoms with Crippen molar-refractivity contribution in [3.63, 3.8) is 0 Å². The molecule has 1 aliphatic carbocycles. The van der Waals surface area contributed by atoms with Crippen molar-refractivity contribution in [1.82, 2.24) is 14.7 Å². The number of hydrogen-bond donors (Lipinski definition) is 1. The molecule has 5 nitrogen and oxygen atoms in total. The molecule has 138 valence electrons. The molecule has 0 spiro atoms. The number of amides is 1. The van der Waals surface area contributed by atoms with E-state index in [1.165, 1.54) is 4.68 Å². The van der Waals surface area contributed by atoms with Crippen LogP contribution >= 0.6 is 0 Å². The van der Waals surface area contributed by atoms with Gasteiger partial charge in [0.25, 0.3) is 6.43 Å². The highest BCUT2D eigenvalue weighted by atomic mass is 19.3. The van der Waals surface area contributed by atoms with Crippen LogP contribution in [0.2, 0.25) is 0 Å². The zero-order chi connectivity index (χ0) is 17.7. The van der Waals surface area contributed by atoms with Crippen LogP contribution in [-0.2, 0) is 4.79 Å². The first-order valence-corrected chi connectivity index (χ1v) is 9.33. The number of nitrogens with zero attached hydrogens (tertiary/aromatic N) is 3. The van der Waals surface area contributed by atoms with Gasteiger partial charge in [0.15, 0.2) is 0 Å². The maximum atomic E-state index is 13.5. The van der Waals surface area contributed by atoms with Crippen LogP contribution in [0.5, 0.6) is 0 Å². The van der Waals surface area contributed by atoms with Crippen LogP contribution in [0.4, 0.5) is 14.6 Å². The Morgan fingerprint density at radius 2 is 2.00 bits per heavy atom. The number of likely N-dealkylation sites (tertiary alicyclic amines) is 1. The predicted molar refractivity (Wildman–Crippen MR) is 90.6 cm³/mol.